The van der Waals surface area contributed by atoms with Gasteiger partial charge in [0.05, 0.1) is 6.54 Å². The maximum atomic E-state index is 12.0. The maximum Gasteiger partial charge on any atom is 0.401 e. The van der Waals surface area contributed by atoms with E-state index in [1.54, 1.807) is 0 Å². The first-order valence-electron chi connectivity index (χ1n) is 6.16. The van der Waals surface area contributed by atoms with Crippen molar-refractivity contribution in [1.82, 2.24) is 10.2 Å². The van der Waals surface area contributed by atoms with Crippen LogP contribution in [0.25, 0.3) is 0 Å². The molecule has 8 heteroatoms. The highest BCUT2D eigenvalue weighted by Crippen LogP contribution is 2.26. The Bertz CT molecular complexity index is 280. The largest absolute Gasteiger partial charge is 0.401 e. The third-order valence-electron chi connectivity index (χ3n) is 2.99. The standard InChI is InChI=1S/C11H21F3N4.HI/c1-18(8-11(12,13)14)6-5-16-10(15)17-7-9-3-2-4-9;/h9H,2-8H2,1H3,(H3,15,16,17);1H. The van der Waals surface area contributed by atoms with Crippen LogP contribution in [-0.4, -0.2) is 50.3 Å². The van der Waals surface area contributed by atoms with Gasteiger partial charge in [-0.1, -0.05) is 6.42 Å². The van der Waals surface area contributed by atoms with E-state index in [2.05, 4.69) is 10.3 Å². The highest BCUT2D eigenvalue weighted by atomic mass is 127. The molecule has 114 valence electrons. The number of rotatable bonds is 6. The van der Waals surface area contributed by atoms with Crippen molar-refractivity contribution in [2.75, 3.05) is 33.2 Å². The van der Waals surface area contributed by atoms with Crippen LogP contribution in [0.4, 0.5) is 13.2 Å². The molecule has 0 aromatic rings. The average Bonchev–Trinajstić information content (AvgIpc) is 2.12. The lowest BCUT2D eigenvalue weighted by atomic mass is 9.86. The molecule has 1 rings (SSSR count). The molecule has 0 amide bonds. The molecule has 1 aliphatic carbocycles. The quantitative estimate of drug-likeness (QED) is 0.411. The van der Waals surface area contributed by atoms with Crippen LogP contribution in [0, 0.1) is 5.92 Å². The lowest BCUT2D eigenvalue weighted by Gasteiger charge is -2.23. The lowest BCUT2D eigenvalue weighted by molar-refractivity contribution is -0.142. The molecule has 19 heavy (non-hydrogen) atoms. The van der Waals surface area contributed by atoms with Gasteiger partial charge >= 0.3 is 6.18 Å². The molecule has 0 bridgehead atoms. The van der Waals surface area contributed by atoms with Gasteiger partial charge in [0.1, 0.15) is 0 Å². The normalized spacial score (nSPS) is 17.0. The Kier molecular flexibility index (Phi) is 8.71. The van der Waals surface area contributed by atoms with Crippen molar-refractivity contribution in [3.05, 3.63) is 0 Å². The number of aliphatic imine (C=N–C) groups is 1. The summed E-state index contributed by atoms with van der Waals surface area (Å²) >= 11 is 0. The highest BCUT2D eigenvalue weighted by Gasteiger charge is 2.28. The van der Waals surface area contributed by atoms with Crippen LogP contribution < -0.4 is 11.1 Å². The van der Waals surface area contributed by atoms with Crippen LogP contribution in [0.2, 0.25) is 0 Å². The molecule has 1 fully saturated rings. The van der Waals surface area contributed by atoms with Gasteiger partial charge in [-0.15, -0.1) is 24.0 Å². The zero-order chi connectivity index (χ0) is 13.6. The van der Waals surface area contributed by atoms with Crippen LogP contribution in [0.15, 0.2) is 4.99 Å². The van der Waals surface area contributed by atoms with E-state index in [1.165, 1.54) is 31.2 Å². The van der Waals surface area contributed by atoms with E-state index < -0.39 is 12.7 Å². The number of hydrogen-bond acceptors (Lipinski definition) is 2. The van der Waals surface area contributed by atoms with Crippen LogP contribution in [-0.2, 0) is 0 Å². The van der Waals surface area contributed by atoms with Gasteiger partial charge in [0.15, 0.2) is 5.96 Å². The monoisotopic (exact) mass is 394 g/mol. The second-order valence-electron chi connectivity index (χ2n) is 4.80. The number of nitrogens with one attached hydrogen (secondary N) is 1. The van der Waals surface area contributed by atoms with Crippen molar-refractivity contribution in [3.8, 4) is 0 Å². The molecule has 0 aromatic heterocycles. The fraction of sp³-hybridized carbons (Fsp3) is 0.909. The summed E-state index contributed by atoms with van der Waals surface area (Å²) < 4.78 is 36.1. The summed E-state index contributed by atoms with van der Waals surface area (Å²) in [5.74, 6) is 0.959. The first-order valence-corrected chi connectivity index (χ1v) is 6.16. The number of alkyl halides is 3. The van der Waals surface area contributed by atoms with Gasteiger partial charge in [-0.2, -0.15) is 13.2 Å². The molecule has 1 aliphatic rings. The fourth-order valence-corrected chi connectivity index (χ4v) is 1.72. The fourth-order valence-electron chi connectivity index (χ4n) is 1.72. The van der Waals surface area contributed by atoms with Crippen molar-refractivity contribution >= 4 is 29.9 Å². The van der Waals surface area contributed by atoms with E-state index >= 15 is 0 Å². The predicted octanol–water partition coefficient (Wildman–Crippen LogP) is 1.80. The minimum absolute atomic E-state index is 0. The second-order valence-corrected chi connectivity index (χ2v) is 4.80. The Morgan fingerprint density at radius 1 is 1.42 bits per heavy atom. The Hall–Kier alpha value is -0.250. The van der Waals surface area contributed by atoms with E-state index in [-0.39, 0.29) is 30.5 Å². The van der Waals surface area contributed by atoms with Gasteiger partial charge in [-0.05, 0) is 25.8 Å². The first-order chi connectivity index (χ1) is 8.37. The molecule has 0 spiro atoms. The average molecular weight is 394 g/mol. The summed E-state index contributed by atoms with van der Waals surface area (Å²) in [5, 5.41) is 2.82. The zero-order valence-electron chi connectivity index (χ0n) is 11.0. The number of guanidine groups is 1. The number of likely N-dealkylation sites (N-methyl/N-ethyl adjacent to an activating group) is 1. The van der Waals surface area contributed by atoms with Crippen molar-refractivity contribution < 1.29 is 13.2 Å². The van der Waals surface area contributed by atoms with Gasteiger partial charge in [-0.3, -0.25) is 9.89 Å². The van der Waals surface area contributed by atoms with Gasteiger partial charge in [0, 0.05) is 19.6 Å². The summed E-state index contributed by atoms with van der Waals surface area (Å²) in [6.45, 7) is 0.455. The molecule has 3 N–H and O–H groups in total. The molecule has 1 saturated carbocycles. The van der Waals surface area contributed by atoms with E-state index in [4.69, 9.17) is 5.73 Å². The van der Waals surface area contributed by atoms with Crippen LogP contribution >= 0.6 is 24.0 Å². The minimum Gasteiger partial charge on any atom is -0.370 e. The molecular formula is C11H22F3IN4. The predicted molar refractivity (Wildman–Crippen MR) is 80.8 cm³/mol. The molecule has 0 unspecified atom stereocenters. The summed E-state index contributed by atoms with van der Waals surface area (Å²) in [6.07, 6.45) is -0.495. The molecule has 0 aromatic carbocycles. The third-order valence-corrected chi connectivity index (χ3v) is 2.99. The molecule has 0 atom stereocenters. The SMILES string of the molecule is CN(CCNC(N)=NCC1CCC1)CC(F)(F)F.I. The number of hydrogen-bond donors (Lipinski definition) is 2. The molecule has 0 heterocycles. The second kappa shape index (κ2) is 8.83. The van der Waals surface area contributed by atoms with Crippen molar-refractivity contribution in [2.45, 2.75) is 25.4 Å². The molecular weight excluding hydrogens is 372 g/mol. The maximum absolute atomic E-state index is 12.0. The Balaban J connectivity index is 0.00000324. The number of nitrogens with zero attached hydrogens (tertiary/aromatic N) is 2. The topological polar surface area (TPSA) is 53.6 Å². The van der Waals surface area contributed by atoms with E-state index in [1.807, 2.05) is 0 Å². The molecule has 0 radical (unpaired) electrons. The summed E-state index contributed by atoms with van der Waals surface area (Å²) in [6, 6.07) is 0. The minimum atomic E-state index is -4.15. The van der Waals surface area contributed by atoms with Gasteiger partial charge < -0.3 is 11.1 Å². The Morgan fingerprint density at radius 2 is 2.05 bits per heavy atom. The molecule has 4 nitrogen and oxygen atoms in total. The van der Waals surface area contributed by atoms with Crippen molar-refractivity contribution in [2.24, 2.45) is 16.6 Å². The van der Waals surface area contributed by atoms with E-state index in [9.17, 15) is 13.2 Å². The third kappa shape index (κ3) is 9.31. The van der Waals surface area contributed by atoms with Crippen LogP contribution in [0.3, 0.4) is 0 Å². The summed E-state index contributed by atoms with van der Waals surface area (Å²) in [7, 11) is 1.43. The van der Waals surface area contributed by atoms with E-state index in [0.717, 1.165) is 6.54 Å². The summed E-state index contributed by atoms with van der Waals surface area (Å²) in [5.41, 5.74) is 5.61. The number of nitrogens with two attached hydrogens (primary N) is 1. The molecule has 0 aliphatic heterocycles. The van der Waals surface area contributed by atoms with Gasteiger partial charge in [0.2, 0.25) is 0 Å². The van der Waals surface area contributed by atoms with Crippen molar-refractivity contribution in [1.29, 1.82) is 0 Å². The smallest absolute Gasteiger partial charge is 0.370 e. The molecule has 0 saturated heterocycles. The van der Waals surface area contributed by atoms with E-state index in [0.29, 0.717) is 18.4 Å². The van der Waals surface area contributed by atoms with Crippen molar-refractivity contribution in [3.63, 3.8) is 0 Å². The van der Waals surface area contributed by atoms with Crippen LogP contribution in [0.5, 0.6) is 0 Å². The summed E-state index contributed by atoms with van der Waals surface area (Å²) in [4.78, 5) is 5.36. The van der Waals surface area contributed by atoms with Gasteiger partial charge in [0.25, 0.3) is 0 Å². The lowest BCUT2D eigenvalue weighted by Crippen LogP contribution is -2.40. The first kappa shape index (κ1) is 18.8. The Morgan fingerprint density at radius 3 is 2.53 bits per heavy atom. The zero-order valence-corrected chi connectivity index (χ0v) is 13.4. The number of halogens is 4. The Labute approximate surface area is 129 Å². The van der Waals surface area contributed by atoms with Gasteiger partial charge in [-0.25, -0.2) is 0 Å². The highest BCUT2D eigenvalue weighted by molar-refractivity contribution is 14.0. The van der Waals surface area contributed by atoms with Crippen LogP contribution in [0.1, 0.15) is 19.3 Å².